The molecule has 0 aromatic carbocycles. The third kappa shape index (κ3) is 24.4. The van der Waals surface area contributed by atoms with Gasteiger partial charge < -0.3 is 39.4 Å². The maximum atomic E-state index is 12.7. The van der Waals surface area contributed by atoms with E-state index in [1.807, 2.05) is 0 Å². The van der Waals surface area contributed by atoms with Crippen molar-refractivity contribution in [3.05, 3.63) is 48.6 Å². The third-order valence-electron chi connectivity index (χ3n) is 8.68. The van der Waals surface area contributed by atoms with Crippen molar-refractivity contribution in [3.63, 3.8) is 0 Å². The molecule has 0 aromatic heterocycles. The topological polar surface area (TPSA) is 135 Å². The molecule has 6 atom stereocenters. The highest BCUT2D eigenvalue weighted by molar-refractivity contribution is 5.69. The van der Waals surface area contributed by atoms with E-state index in [1.54, 1.807) is 0 Å². The lowest BCUT2D eigenvalue weighted by Gasteiger charge is -2.39. The molecule has 1 saturated heterocycles. The second kappa shape index (κ2) is 33.0. The zero-order valence-corrected chi connectivity index (χ0v) is 31.4. The van der Waals surface area contributed by atoms with E-state index in [4.69, 9.17) is 18.9 Å². The Kier molecular flexibility index (Phi) is 30.5. The normalized spacial score (nSPS) is 22.1. The monoisotopic (exact) mass is 709 g/mol. The number of rotatable bonds is 32. The van der Waals surface area contributed by atoms with Gasteiger partial charge in [0.2, 0.25) is 0 Å². The van der Waals surface area contributed by atoms with Crippen molar-refractivity contribution in [2.75, 3.05) is 26.4 Å². The summed E-state index contributed by atoms with van der Waals surface area (Å²) in [6.45, 7) is 4.37. The van der Waals surface area contributed by atoms with Crippen LogP contribution < -0.4 is 0 Å². The average Bonchev–Trinajstić information content (AvgIpc) is 3.11. The summed E-state index contributed by atoms with van der Waals surface area (Å²) in [4.78, 5) is 12.7. The van der Waals surface area contributed by atoms with Gasteiger partial charge in [-0.2, -0.15) is 0 Å². The standard InChI is InChI=1S/C41H72O9/c1-3-5-7-9-11-13-15-17-19-21-23-25-27-29-31-47-33-35(34-48-41-40(46)39(45)38(44)36(32-42)50-41)49-37(43)30-28-26-24-22-20-18-16-14-12-10-8-6-4-2/h7-10,13-16,35-36,38-42,44-46H,3-6,11-12,17-34H2,1-2H3/b9-7-,10-8-,15-13-,16-14-. The van der Waals surface area contributed by atoms with Crippen molar-refractivity contribution in [2.24, 2.45) is 0 Å². The summed E-state index contributed by atoms with van der Waals surface area (Å²) in [6, 6.07) is 0. The largest absolute Gasteiger partial charge is 0.457 e. The summed E-state index contributed by atoms with van der Waals surface area (Å²) in [6.07, 6.45) is 31.3. The lowest BCUT2D eigenvalue weighted by Crippen LogP contribution is -2.59. The van der Waals surface area contributed by atoms with Crippen molar-refractivity contribution in [3.8, 4) is 0 Å². The van der Waals surface area contributed by atoms with E-state index >= 15 is 0 Å². The van der Waals surface area contributed by atoms with E-state index < -0.39 is 43.4 Å². The lowest BCUT2D eigenvalue weighted by molar-refractivity contribution is -0.305. The molecule has 6 unspecified atom stereocenters. The molecule has 9 nitrogen and oxygen atoms in total. The fourth-order valence-corrected chi connectivity index (χ4v) is 5.57. The van der Waals surface area contributed by atoms with Gasteiger partial charge in [0.15, 0.2) is 6.29 Å². The highest BCUT2D eigenvalue weighted by Gasteiger charge is 2.44. The first-order valence-corrected chi connectivity index (χ1v) is 19.7. The Balaban J connectivity index is 2.34. The van der Waals surface area contributed by atoms with Gasteiger partial charge in [-0.1, -0.05) is 120 Å². The van der Waals surface area contributed by atoms with Crippen LogP contribution in [0.1, 0.15) is 142 Å². The zero-order chi connectivity index (χ0) is 36.5. The van der Waals surface area contributed by atoms with Crippen LogP contribution in [0.5, 0.6) is 0 Å². The number of carbonyl (C=O) groups is 1. The summed E-state index contributed by atoms with van der Waals surface area (Å²) in [5.41, 5.74) is 0. The Morgan fingerprint density at radius 2 is 1.16 bits per heavy atom. The van der Waals surface area contributed by atoms with Crippen LogP contribution in [-0.4, -0.2) is 89.6 Å². The maximum absolute atomic E-state index is 12.7. The van der Waals surface area contributed by atoms with E-state index in [0.717, 1.165) is 89.9 Å². The highest BCUT2D eigenvalue weighted by Crippen LogP contribution is 2.22. The molecule has 9 heteroatoms. The lowest BCUT2D eigenvalue weighted by atomic mass is 9.99. The molecule has 0 spiro atoms. The predicted molar refractivity (Wildman–Crippen MR) is 201 cm³/mol. The van der Waals surface area contributed by atoms with E-state index in [1.165, 1.54) is 32.1 Å². The van der Waals surface area contributed by atoms with Gasteiger partial charge in [-0.15, -0.1) is 0 Å². The van der Waals surface area contributed by atoms with E-state index in [2.05, 4.69) is 62.5 Å². The molecule has 1 rings (SSSR count). The number of ether oxygens (including phenoxy) is 4. The molecule has 0 saturated carbocycles. The number of esters is 1. The van der Waals surface area contributed by atoms with Gasteiger partial charge >= 0.3 is 5.97 Å². The molecule has 290 valence electrons. The molecule has 0 radical (unpaired) electrons. The summed E-state index contributed by atoms with van der Waals surface area (Å²) in [5, 5.41) is 40.0. The van der Waals surface area contributed by atoms with Gasteiger partial charge in [0, 0.05) is 13.0 Å². The molecule has 1 heterocycles. The van der Waals surface area contributed by atoms with Crippen LogP contribution in [-0.2, 0) is 23.7 Å². The molecule has 50 heavy (non-hydrogen) atoms. The van der Waals surface area contributed by atoms with Crippen molar-refractivity contribution < 1.29 is 44.2 Å². The summed E-state index contributed by atoms with van der Waals surface area (Å²) in [5.74, 6) is -0.335. The van der Waals surface area contributed by atoms with Crippen LogP contribution in [0.3, 0.4) is 0 Å². The fourth-order valence-electron chi connectivity index (χ4n) is 5.57. The minimum atomic E-state index is -1.54. The summed E-state index contributed by atoms with van der Waals surface area (Å²) >= 11 is 0. The minimum Gasteiger partial charge on any atom is -0.457 e. The van der Waals surface area contributed by atoms with Crippen LogP contribution in [0.15, 0.2) is 48.6 Å². The molecular weight excluding hydrogens is 636 g/mol. The van der Waals surface area contributed by atoms with E-state index in [9.17, 15) is 25.2 Å². The van der Waals surface area contributed by atoms with Gasteiger partial charge in [-0.3, -0.25) is 4.79 Å². The molecular formula is C41H72O9. The Labute approximate surface area is 303 Å². The number of carbonyl (C=O) groups excluding carboxylic acids is 1. The Bertz CT molecular complexity index is 900. The second-order valence-electron chi connectivity index (χ2n) is 13.4. The number of hydrogen-bond donors (Lipinski definition) is 4. The number of unbranched alkanes of at least 4 members (excludes halogenated alkanes) is 13. The van der Waals surface area contributed by atoms with Gasteiger partial charge in [0.1, 0.15) is 30.5 Å². The minimum absolute atomic E-state index is 0.125. The Morgan fingerprint density at radius 1 is 0.640 bits per heavy atom. The van der Waals surface area contributed by atoms with Gasteiger partial charge in [0.05, 0.1) is 19.8 Å². The SMILES string of the molecule is CCC/C=C\C/C=C\CCCCCCCCOCC(COC1OC(CO)C(O)C(O)C1O)OC(=O)CCCCCCC/C=C\C/C=C\CCC. The molecule has 0 bridgehead atoms. The number of allylic oxidation sites excluding steroid dienone is 8. The first-order chi connectivity index (χ1) is 24.4. The van der Waals surface area contributed by atoms with Crippen LogP contribution in [0.4, 0.5) is 0 Å². The summed E-state index contributed by atoms with van der Waals surface area (Å²) in [7, 11) is 0. The average molecular weight is 709 g/mol. The molecule has 4 N–H and O–H groups in total. The van der Waals surface area contributed by atoms with E-state index in [-0.39, 0.29) is 19.2 Å². The van der Waals surface area contributed by atoms with Crippen molar-refractivity contribution in [1.29, 1.82) is 0 Å². The number of aliphatic hydroxyl groups excluding tert-OH is 4. The smallest absolute Gasteiger partial charge is 0.306 e. The Hall–Kier alpha value is -1.85. The number of aliphatic hydroxyl groups is 4. The molecule has 1 aliphatic heterocycles. The molecule has 0 amide bonds. The van der Waals surface area contributed by atoms with Crippen LogP contribution in [0, 0.1) is 0 Å². The van der Waals surface area contributed by atoms with Crippen molar-refractivity contribution >= 4 is 5.97 Å². The zero-order valence-electron chi connectivity index (χ0n) is 31.4. The van der Waals surface area contributed by atoms with Gasteiger partial charge in [0.25, 0.3) is 0 Å². The van der Waals surface area contributed by atoms with Crippen LogP contribution in [0.2, 0.25) is 0 Å². The highest BCUT2D eigenvalue weighted by atomic mass is 16.7. The van der Waals surface area contributed by atoms with Crippen molar-refractivity contribution in [2.45, 2.75) is 179 Å². The van der Waals surface area contributed by atoms with Gasteiger partial charge in [-0.05, 0) is 64.2 Å². The third-order valence-corrected chi connectivity index (χ3v) is 8.68. The quantitative estimate of drug-likeness (QED) is 0.0314. The molecule has 1 fully saturated rings. The molecule has 1 aliphatic rings. The van der Waals surface area contributed by atoms with Crippen molar-refractivity contribution in [1.82, 2.24) is 0 Å². The second-order valence-corrected chi connectivity index (χ2v) is 13.4. The maximum Gasteiger partial charge on any atom is 0.306 e. The van der Waals surface area contributed by atoms with E-state index in [0.29, 0.717) is 13.0 Å². The Morgan fingerprint density at radius 3 is 1.72 bits per heavy atom. The van der Waals surface area contributed by atoms with Crippen LogP contribution >= 0.6 is 0 Å². The first kappa shape index (κ1) is 46.2. The summed E-state index contributed by atoms with van der Waals surface area (Å²) < 4.78 is 22.7. The predicted octanol–water partition coefficient (Wildman–Crippen LogP) is 7.80. The first-order valence-electron chi connectivity index (χ1n) is 19.7. The number of hydrogen-bond acceptors (Lipinski definition) is 9. The molecule has 0 aliphatic carbocycles. The molecule has 0 aromatic rings. The fraction of sp³-hybridized carbons (Fsp3) is 0.780. The van der Waals surface area contributed by atoms with Gasteiger partial charge in [-0.25, -0.2) is 0 Å². The van der Waals surface area contributed by atoms with Crippen LogP contribution in [0.25, 0.3) is 0 Å².